The summed E-state index contributed by atoms with van der Waals surface area (Å²) >= 11 is 1.21. The highest BCUT2D eigenvalue weighted by molar-refractivity contribution is 7.99. The molecule has 1 aliphatic carbocycles. The van der Waals surface area contributed by atoms with Gasteiger partial charge in [-0.05, 0) is 22.3 Å². The first-order chi connectivity index (χ1) is 16.0. The lowest BCUT2D eigenvalue weighted by Gasteiger charge is -2.27. The number of hydrogen-bond acceptors (Lipinski definition) is 6. The van der Waals surface area contributed by atoms with Crippen molar-refractivity contribution >= 4 is 29.7 Å². The van der Waals surface area contributed by atoms with Crippen LogP contribution < -0.4 is 10.6 Å². The van der Waals surface area contributed by atoms with Crippen molar-refractivity contribution in [3.8, 4) is 11.1 Å². The topological polar surface area (TPSA) is 114 Å². The Morgan fingerprint density at radius 1 is 1.09 bits per heavy atom. The zero-order valence-corrected chi connectivity index (χ0v) is 18.9. The number of carboxylic acid groups (broad SMARTS) is 1. The molecule has 0 aromatic heterocycles. The smallest absolute Gasteiger partial charge is 0.408 e. The lowest BCUT2D eigenvalue weighted by Crippen LogP contribution is -2.59. The Morgan fingerprint density at radius 3 is 2.36 bits per heavy atom. The predicted molar refractivity (Wildman–Crippen MR) is 124 cm³/mol. The summed E-state index contributed by atoms with van der Waals surface area (Å²) in [6.45, 7) is 0.866. The molecule has 33 heavy (non-hydrogen) atoms. The summed E-state index contributed by atoms with van der Waals surface area (Å²) in [5.74, 6) is -0.894. The van der Waals surface area contributed by atoms with E-state index in [9.17, 15) is 14.4 Å². The van der Waals surface area contributed by atoms with Crippen LogP contribution in [0.3, 0.4) is 0 Å². The summed E-state index contributed by atoms with van der Waals surface area (Å²) in [6, 6.07) is 16.2. The average molecular weight is 471 g/mol. The van der Waals surface area contributed by atoms with Gasteiger partial charge in [-0.2, -0.15) is 0 Å². The first-order valence-corrected chi connectivity index (χ1v) is 11.9. The number of ether oxygens (including phenoxy) is 2. The third-order valence-electron chi connectivity index (χ3n) is 5.90. The number of fused-ring (bicyclic) bond motifs is 3. The van der Waals surface area contributed by atoms with Gasteiger partial charge in [0.1, 0.15) is 12.1 Å². The first kappa shape index (κ1) is 23.1. The molecule has 0 radical (unpaired) electrons. The highest BCUT2D eigenvalue weighted by Crippen LogP contribution is 2.44. The summed E-state index contributed by atoms with van der Waals surface area (Å²) < 4.78 is 11.0. The fourth-order valence-electron chi connectivity index (χ4n) is 4.29. The Bertz CT molecular complexity index is 992. The van der Waals surface area contributed by atoms with Gasteiger partial charge in [0.25, 0.3) is 0 Å². The van der Waals surface area contributed by atoms with Gasteiger partial charge in [0.2, 0.25) is 5.91 Å². The van der Waals surface area contributed by atoms with Crippen LogP contribution in [-0.2, 0) is 19.1 Å². The molecule has 3 N–H and O–H groups in total. The van der Waals surface area contributed by atoms with Crippen molar-refractivity contribution in [2.24, 2.45) is 0 Å². The molecular formula is C24H26N2O6S. The van der Waals surface area contributed by atoms with Crippen LogP contribution in [0.4, 0.5) is 4.79 Å². The van der Waals surface area contributed by atoms with Crippen molar-refractivity contribution in [2.75, 3.05) is 37.9 Å². The van der Waals surface area contributed by atoms with Gasteiger partial charge in [0.15, 0.2) is 0 Å². The third-order valence-corrected chi connectivity index (χ3v) is 6.84. The molecule has 174 valence electrons. The zero-order valence-electron chi connectivity index (χ0n) is 18.0. The normalized spacial score (nSPS) is 18.9. The number of thioether (sulfide) groups is 1. The average Bonchev–Trinajstić information content (AvgIpc) is 3.41. The molecule has 2 aromatic carbocycles. The number of benzene rings is 2. The fraction of sp³-hybridized carbons (Fsp3) is 0.375. The van der Waals surface area contributed by atoms with Gasteiger partial charge in [0, 0.05) is 31.2 Å². The minimum absolute atomic E-state index is 0.0257. The predicted octanol–water partition coefficient (Wildman–Crippen LogP) is 2.62. The van der Waals surface area contributed by atoms with Crippen LogP contribution in [0.15, 0.2) is 48.5 Å². The highest BCUT2D eigenvalue weighted by Gasteiger charge is 2.44. The Labute approximate surface area is 196 Å². The van der Waals surface area contributed by atoms with E-state index < -0.39 is 17.6 Å². The summed E-state index contributed by atoms with van der Waals surface area (Å²) in [5.41, 5.74) is 3.31. The van der Waals surface area contributed by atoms with Crippen LogP contribution in [0.5, 0.6) is 0 Å². The molecule has 1 unspecified atom stereocenters. The molecule has 0 bridgehead atoms. The SMILES string of the molecule is O=C(O)CSCCNC(=O)C1(NC(=O)OCC2c3ccccc3-c3ccccc32)CCOC1. The quantitative estimate of drug-likeness (QED) is 0.483. The molecule has 4 rings (SSSR count). The van der Waals surface area contributed by atoms with E-state index in [1.54, 1.807) is 0 Å². The molecule has 2 aromatic rings. The number of nitrogens with one attached hydrogen (secondary N) is 2. The minimum atomic E-state index is -1.19. The number of aliphatic carboxylic acids is 1. The van der Waals surface area contributed by atoms with Crippen molar-refractivity contribution < 1.29 is 29.0 Å². The van der Waals surface area contributed by atoms with Crippen molar-refractivity contribution in [3.05, 3.63) is 59.7 Å². The Balaban J connectivity index is 1.35. The molecule has 2 aliphatic rings. The number of rotatable bonds is 9. The van der Waals surface area contributed by atoms with E-state index in [0.29, 0.717) is 25.3 Å². The second-order valence-corrected chi connectivity index (χ2v) is 9.14. The van der Waals surface area contributed by atoms with Crippen molar-refractivity contribution in [1.29, 1.82) is 0 Å². The van der Waals surface area contributed by atoms with E-state index in [-0.39, 0.29) is 30.8 Å². The van der Waals surface area contributed by atoms with Gasteiger partial charge in [-0.25, -0.2) is 4.79 Å². The molecule has 1 aliphatic heterocycles. The van der Waals surface area contributed by atoms with E-state index >= 15 is 0 Å². The monoisotopic (exact) mass is 470 g/mol. The molecule has 0 saturated carbocycles. The minimum Gasteiger partial charge on any atom is -0.481 e. The number of carbonyl (C=O) groups excluding carboxylic acids is 2. The summed E-state index contributed by atoms with van der Waals surface area (Å²) in [7, 11) is 0. The van der Waals surface area contributed by atoms with Gasteiger partial charge in [-0.15, -0.1) is 11.8 Å². The highest BCUT2D eigenvalue weighted by atomic mass is 32.2. The lowest BCUT2D eigenvalue weighted by atomic mass is 9.97. The van der Waals surface area contributed by atoms with E-state index in [1.807, 2.05) is 36.4 Å². The van der Waals surface area contributed by atoms with Crippen molar-refractivity contribution in [3.63, 3.8) is 0 Å². The van der Waals surface area contributed by atoms with E-state index in [2.05, 4.69) is 22.8 Å². The lowest BCUT2D eigenvalue weighted by molar-refractivity contribution is -0.134. The van der Waals surface area contributed by atoms with E-state index in [0.717, 1.165) is 22.3 Å². The zero-order chi connectivity index (χ0) is 23.3. The second kappa shape index (κ2) is 10.3. The maximum Gasteiger partial charge on any atom is 0.408 e. The Hall–Kier alpha value is -3.04. The molecule has 1 fully saturated rings. The molecule has 1 saturated heterocycles. The van der Waals surface area contributed by atoms with Gasteiger partial charge in [-0.3, -0.25) is 9.59 Å². The van der Waals surface area contributed by atoms with E-state index in [4.69, 9.17) is 14.6 Å². The van der Waals surface area contributed by atoms with Crippen LogP contribution in [0.1, 0.15) is 23.5 Å². The van der Waals surface area contributed by atoms with Crippen LogP contribution >= 0.6 is 11.8 Å². The number of hydrogen-bond donors (Lipinski definition) is 3. The summed E-state index contributed by atoms with van der Waals surface area (Å²) in [5, 5.41) is 14.2. The molecule has 2 amide bonds. The number of amides is 2. The number of alkyl carbamates (subject to hydrolysis) is 1. The third kappa shape index (κ3) is 5.15. The van der Waals surface area contributed by atoms with Crippen LogP contribution in [-0.4, -0.2) is 66.5 Å². The van der Waals surface area contributed by atoms with Gasteiger partial charge in [-0.1, -0.05) is 48.5 Å². The molecule has 8 nitrogen and oxygen atoms in total. The van der Waals surface area contributed by atoms with E-state index in [1.165, 1.54) is 11.8 Å². The summed E-state index contributed by atoms with van der Waals surface area (Å²) in [4.78, 5) is 36.1. The molecule has 9 heteroatoms. The number of carboxylic acids is 1. The molecule has 1 atom stereocenters. The second-order valence-electron chi connectivity index (χ2n) is 8.04. The Morgan fingerprint density at radius 2 is 1.76 bits per heavy atom. The van der Waals surface area contributed by atoms with Gasteiger partial charge in [0.05, 0.1) is 12.4 Å². The van der Waals surface area contributed by atoms with Crippen LogP contribution in [0, 0.1) is 0 Å². The maximum absolute atomic E-state index is 12.8. The molecular weight excluding hydrogens is 444 g/mol. The molecule has 0 spiro atoms. The maximum atomic E-state index is 12.8. The number of carbonyl (C=O) groups is 3. The largest absolute Gasteiger partial charge is 0.481 e. The fourth-order valence-corrected chi connectivity index (χ4v) is 4.86. The van der Waals surface area contributed by atoms with Crippen LogP contribution in [0.25, 0.3) is 11.1 Å². The van der Waals surface area contributed by atoms with Crippen molar-refractivity contribution in [2.45, 2.75) is 17.9 Å². The standard InChI is InChI=1S/C24H26N2O6S/c27-21(28)14-33-12-10-25-22(29)24(9-11-31-15-24)26-23(30)32-13-20-18-7-3-1-5-16(18)17-6-2-4-8-19(17)20/h1-8,20H,9-15H2,(H,25,29)(H,26,30)(H,27,28). The first-order valence-electron chi connectivity index (χ1n) is 10.8. The molecule has 1 heterocycles. The Kier molecular flexibility index (Phi) is 7.20. The van der Waals surface area contributed by atoms with Gasteiger partial charge < -0.3 is 25.2 Å². The van der Waals surface area contributed by atoms with Gasteiger partial charge >= 0.3 is 12.1 Å². The van der Waals surface area contributed by atoms with Crippen molar-refractivity contribution in [1.82, 2.24) is 10.6 Å². The van der Waals surface area contributed by atoms with Crippen LogP contribution in [0.2, 0.25) is 0 Å². The summed E-state index contributed by atoms with van der Waals surface area (Å²) in [6.07, 6.45) is -0.330.